The van der Waals surface area contributed by atoms with Crippen LogP contribution < -0.4 is 0 Å². The second-order valence-electron chi connectivity index (χ2n) is 4.79. The molecule has 4 atom stereocenters. The van der Waals surface area contributed by atoms with E-state index in [0.717, 1.165) is 12.8 Å². The van der Waals surface area contributed by atoms with E-state index in [4.69, 9.17) is 9.47 Å². The Balaban J connectivity index is 2.18. The van der Waals surface area contributed by atoms with Crippen molar-refractivity contribution in [1.29, 1.82) is 0 Å². The molecule has 0 bridgehead atoms. The topological polar surface area (TPSA) is 35.5 Å². The molecule has 0 aliphatic heterocycles. The van der Waals surface area contributed by atoms with Crippen molar-refractivity contribution < 1.29 is 14.3 Å². The highest BCUT2D eigenvalue weighted by Crippen LogP contribution is 2.67. The van der Waals surface area contributed by atoms with Gasteiger partial charge < -0.3 is 9.47 Å². The Morgan fingerprint density at radius 2 is 1.64 bits per heavy atom. The van der Waals surface area contributed by atoms with Crippen LogP contribution in [0.15, 0.2) is 0 Å². The highest BCUT2D eigenvalue weighted by Gasteiger charge is 2.77. The monoisotopic (exact) mass is 198 g/mol. The molecule has 0 aromatic carbocycles. The summed E-state index contributed by atoms with van der Waals surface area (Å²) in [6.45, 7) is 5.75. The van der Waals surface area contributed by atoms with Gasteiger partial charge in [-0.2, -0.15) is 0 Å². The molecular weight excluding hydrogens is 180 g/mol. The van der Waals surface area contributed by atoms with E-state index in [1.807, 2.05) is 0 Å². The van der Waals surface area contributed by atoms with Crippen molar-refractivity contribution in [3.63, 3.8) is 0 Å². The Morgan fingerprint density at radius 3 is 1.86 bits per heavy atom. The Morgan fingerprint density at radius 1 is 1.21 bits per heavy atom. The highest BCUT2D eigenvalue weighted by atomic mass is 16.6. The van der Waals surface area contributed by atoms with Gasteiger partial charge in [0.2, 0.25) is 0 Å². The third-order valence-electron chi connectivity index (χ3n) is 3.90. The van der Waals surface area contributed by atoms with E-state index in [2.05, 4.69) is 13.8 Å². The van der Waals surface area contributed by atoms with Crippen LogP contribution in [0.25, 0.3) is 0 Å². The fourth-order valence-corrected chi connectivity index (χ4v) is 2.91. The maximum Gasteiger partial charge on any atom is 0.303 e. The van der Waals surface area contributed by atoms with Crippen LogP contribution in [0.4, 0.5) is 0 Å². The van der Waals surface area contributed by atoms with E-state index in [0.29, 0.717) is 11.8 Å². The minimum Gasteiger partial charge on any atom is -0.456 e. The molecule has 0 saturated heterocycles. The van der Waals surface area contributed by atoms with Gasteiger partial charge in [0.25, 0.3) is 0 Å². The molecule has 2 aliphatic carbocycles. The number of ether oxygens (including phenoxy) is 2. The minimum atomic E-state index is -0.312. The van der Waals surface area contributed by atoms with Crippen molar-refractivity contribution in [1.82, 2.24) is 0 Å². The summed E-state index contributed by atoms with van der Waals surface area (Å²) in [6, 6.07) is 0. The van der Waals surface area contributed by atoms with E-state index >= 15 is 0 Å². The van der Waals surface area contributed by atoms with E-state index in [1.165, 1.54) is 6.92 Å². The lowest BCUT2D eigenvalue weighted by molar-refractivity contribution is -0.163. The number of carbonyl (C=O) groups excluding carboxylic acids is 1. The molecule has 0 aromatic heterocycles. The second kappa shape index (κ2) is 2.72. The summed E-state index contributed by atoms with van der Waals surface area (Å²) >= 11 is 0. The van der Waals surface area contributed by atoms with Gasteiger partial charge in [0.15, 0.2) is 0 Å². The van der Waals surface area contributed by atoms with Gasteiger partial charge in [-0.25, -0.2) is 0 Å². The summed E-state index contributed by atoms with van der Waals surface area (Å²) in [5, 5.41) is 0. The molecule has 2 fully saturated rings. The molecule has 14 heavy (non-hydrogen) atoms. The SMILES string of the molecule is COC1(C2(OC(C)=O)CC2C)CC1C. The number of carbonyl (C=O) groups is 1. The van der Waals surface area contributed by atoms with Crippen LogP contribution in [-0.4, -0.2) is 24.3 Å². The second-order valence-corrected chi connectivity index (χ2v) is 4.79. The maximum absolute atomic E-state index is 11.1. The van der Waals surface area contributed by atoms with E-state index in [9.17, 15) is 4.79 Å². The van der Waals surface area contributed by atoms with Crippen molar-refractivity contribution in [2.24, 2.45) is 11.8 Å². The highest BCUT2D eigenvalue weighted by molar-refractivity contribution is 5.67. The molecule has 0 aromatic rings. The summed E-state index contributed by atoms with van der Waals surface area (Å²) in [7, 11) is 1.72. The summed E-state index contributed by atoms with van der Waals surface area (Å²) in [5.41, 5.74) is -0.495. The van der Waals surface area contributed by atoms with Gasteiger partial charge >= 0.3 is 5.97 Å². The smallest absolute Gasteiger partial charge is 0.303 e. The lowest BCUT2D eigenvalue weighted by Crippen LogP contribution is -2.39. The number of methoxy groups -OCH3 is 1. The van der Waals surface area contributed by atoms with Gasteiger partial charge in [0.05, 0.1) is 0 Å². The fourth-order valence-electron chi connectivity index (χ4n) is 2.91. The van der Waals surface area contributed by atoms with Crippen LogP contribution in [0, 0.1) is 11.8 Å². The van der Waals surface area contributed by atoms with Crippen molar-refractivity contribution in [2.45, 2.75) is 44.8 Å². The van der Waals surface area contributed by atoms with Gasteiger partial charge in [-0.3, -0.25) is 4.79 Å². The van der Waals surface area contributed by atoms with Gasteiger partial charge in [0.1, 0.15) is 11.2 Å². The van der Waals surface area contributed by atoms with E-state index in [-0.39, 0.29) is 17.2 Å². The standard InChI is InChI=1S/C11H18O3/c1-7-5-10(7,13-4)11(6-8(11)2)14-9(3)12/h7-8H,5-6H2,1-4H3. The molecule has 0 radical (unpaired) electrons. The zero-order chi connectivity index (χ0) is 10.6. The summed E-state index contributed by atoms with van der Waals surface area (Å²) in [5.74, 6) is 0.762. The molecule has 0 heterocycles. The van der Waals surface area contributed by atoms with Crippen LogP contribution >= 0.6 is 0 Å². The quantitative estimate of drug-likeness (QED) is 0.648. The third kappa shape index (κ3) is 1.05. The molecule has 3 heteroatoms. The predicted molar refractivity (Wildman–Crippen MR) is 51.8 cm³/mol. The number of hydrogen-bond donors (Lipinski definition) is 0. The number of esters is 1. The molecule has 0 amide bonds. The zero-order valence-corrected chi connectivity index (χ0v) is 9.29. The number of rotatable bonds is 3. The molecule has 3 nitrogen and oxygen atoms in total. The first kappa shape index (κ1) is 9.97. The Bertz CT molecular complexity index is 272. The lowest BCUT2D eigenvalue weighted by atomic mass is 10.1. The molecule has 80 valence electrons. The average molecular weight is 198 g/mol. The average Bonchev–Trinajstić information content (AvgIpc) is 2.91. The van der Waals surface area contributed by atoms with Gasteiger partial charge in [0, 0.05) is 20.0 Å². The predicted octanol–water partition coefficient (Wildman–Crippen LogP) is 1.75. The molecule has 0 N–H and O–H groups in total. The van der Waals surface area contributed by atoms with Gasteiger partial charge in [-0.1, -0.05) is 13.8 Å². The van der Waals surface area contributed by atoms with Crippen molar-refractivity contribution in [2.75, 3.05) is 7.11 Å². The Kier molecular flexibility index (Phi) is 1.94. The van der Waals surface area contributed by atoms with Crippen molar-refractivity contribution >= 4 is 5.97 Å². The maximum atomic E-state index is 11.1. The third-order valence-corrected chi connectivity index (χ3v) is 3.90. The van der Waals surface area contributed by atoms with Crippen LogP contribution in [0.3, 0.4) is 0 Å². The largest absolute Gasteiger partial charge is 0.456 e. The lowest BCUT2D eigenvalue weighted by Gasteiger charge is -2.27. The minimum absolute atomic E-state index is 0.182. The summed E-state index contributed by atoms with van der Waals surface area (Å²) < 4.78 is 11.1. The molecule has 0 spiro atoms. The summed E-state index contributed by atoms with van der Waals surface area (Å²) in [4.78, 5) is 11.1. The Hall–Kier alpha value is -0.570. The van der Waals surface area contributed by atoms with Crippen LogP contribution in [0.2, 0.25) is 0 Å². The van der Waals surface area contributed by atoms with E-state index < -0.39 is 0 Å². The normalized spacial score (nSPS) is 50.0. The van der Waals surface area contributed by atoms with Gasteiger partial charge in [-0.15, -0.1) is 0 Å². The molecule has 2 rings (SSSR count). The first-order chi connectivity index (χ1) is 6.48. The first-order valence-corrected chi connectivity index (χ1v) is 5.23. The fraction of sp³-hybridized carbons (Fsp3) is 0.909. The molecule has 4 unspecified atom stereocenters. The van der Waals surface area contributed by atoms with Crippen LogP contribution in [-0.2, 0) is 14.3 Å². The number of hydrogen-bond acceptors (Lipinski definition) is 3. The van der Waals surface area contributed by atoms with Crippen LogP contribution in [0.1, 0.15) is 33.6 Å². The zero-order valence-electron chi connectivity index (χ0n) is 9.29. The van der Waals surface area contributed by atoms with Crippen LogP contribution in [0.5, 0.6) is 0 Å². The molecule has 2 saturated carbocycles. The Labute approximate surface area is 84.8 Å². The molecular formula is C11H18O3. The van der Waals surface area contributed by atoms with Crippen molar-refractivity contribution in [3.8, 4) is 0 Å². The van der Waals surface area contributed by atoms with Crippen molar-refractivity contribution in [3.05, 3.63) is 0 Å². The van der Waals surface area contributed by atoms with Gasteiger partial charge in [-0.05, 0) is 18.8 Å². The summed E-state index contributed by atoms with van der Waals surface area (Å²) in [6.07, 6.45) is 1.96. The van der Waals surface area contributed by atoms with E-state index in [1.54, 1.807) is 7.11 Å². The first-order valence-electron chi connectivity index (χ1n) is 5.23. The molecule has 2 aliphatic rings.